The number of aliphatic carboxylic acids is 1. The molecule has 6 heteroatoms. The van der Waals surface area contributed by atoms with Crippen molar-refractivity contribution in [2.75, 3.05) is 13.1 Å². The highest BCUT2D eigenvalue weighted by molar-refractivity contribution is 6.30. The Morgan fingerprint density at radius 2 is 1.91 bits per heavy atom. The molecule has 2 fully saturated rings. The van der Waals surface area contributed by atoms with Crippen LogP contribution in [0.25, 0.3) is 0 Å². The van der Waals surface area contributed by atoms with Crippen LogP contribution in [0.3, 0.4) is 0 Å². The molecule has 1 aliphatic heterocycles. The molecule has 1 aliphatic carbocycles. The first kappa shape index (κ1) is 15.2. The van der Waals surface area contributed by atoms with Gasteiger partial charge >= 0.3 is 12.0 Å². The molecule has 1 aromatic rings. The zero-order valence-corrected chi connectivity index (χ0v) is 12.9. The number of likely N-dealkylation sites (tertiary alicyclic amines) is 1. The molecule has 1 saturated carbocycles. The second-order valence-corrected chi connectivity index (χ2v) is 6.52. The number of nitrogens with zero attached hydrogens (tertiary/aromatic N) is 1. The topological polar surface area (TPSA) is 69.6 Å². The molecule has 1 saturated heterocycles. The van der Waals surface area contributed by atoms with Gasteiger partial charge in [-0.25, -0.2) is 4.79 Å². The van der Waals surface area contributed by atoms with Crippen LogP contribution < -0.4 is 5.32 Å². The maximum absolute atomic E-state index is 12.4. The summed E-state index contributed by atoms with van der Waals surface area (Å²) in [5, 5.41) is 12.8. The van der Waals surface area contributed by atoms with Gasteiger partial charge in [-0.1, -0.05) is 23.7 Å². The fourth-order valence-electron chi connectivity index (χ4n) is 2.94. The van der Waals surface area contributed by atoms with Gasteiger partial charge in [-0.15, -0.1) is 0 Å². The number of carbonyl (C=O) groups is 2. The van der Waals surface area contributed by atoms with E-state index in [1.807, 2.05) is 24.3 Å². The summed E-state index contributed by atoms with van der Waals surface area (Å²) in [6.07, 6.45) is 2.73. The van der Waals surface area contributed by atoms with Crippen molar-refractivity contribution in [1.29, 1.82) is 0 Å². The SMILES string of the molecule is O=C(O)C1CCN(C(=O)NC(c2ccc(Cl)cc2)C2CC2)C1. The maximum Gasteiger partial charge on any atom is 0.317 e. The van der Waals surface area contributed by atoms with Crippen molar-refractivity contribution in [3.63, 3.8) is 0 Å². The predicted octanol–water partition coefficient (Wildman–Crippen LogP) is 2.91. The molecule has 2 aliphatic rings. The van der Waals surface area contributed by atoms with Gasteiger partial charge in [0, 0.05) is 18.1 Å². The van der Waals surface area contributed by atoms with E-state index in [9.17, 15) is 9.59 Å². The molecule has 2 amide bonds. The van der Waals surface area contributed by atoms with Crippen molar-refractivity contribution >= 4 is 23.6 Å². The lowest BCUT2D eigenvalue weighted by atomic mass is 10.0. The Labute approximate surface area is 134 Å². The summed E-state index contributed by atoms with van der Waals surface area (Å²) in [4.78, 5) is 25.0. The van der Waals surface area contributed by atoms with Crippen molar-refractivity contribution in [2.24, 2.45) is 11.8 Å². The van der Waals surface area contributed by atoms with E-state index in [0.717, 1.165) is 18.4 Å². The fourth-order valence-corrected chi connectivity index (χ4v) is 3.07. The van der Waals surface area contributed by atoms with E-state index >= 15 is 0 Å². The van der Waals surface area contributed by atoms with Gasteiger partial charge in [-0.3, -0.25) is 4.79 Å². The summed E-state index contributed by atoms with van der Waals surface area (Å²) >= 11 is 5.92. The lowest BCUT2D eigenvalue weighted by Gasteiger charge is -2.23. The molecule has 0 aromatic heterocycles. The molecule has 3 rings (SSSR count). The Morgan fingerprint density at radius 1 is 1.23 bits per heavy atom. The van der Waals surface area contributed by atoms with Crippen molar-refractivity contribution in [1.82, 2.24) is 10.2 Å². The third-order valence-electron chi connectivity index (χ3n) is 4.43. The number of benzene rings is 1. The molecule has 2 N–H and O–H groups in total. The Kier molecular flexibility index (Phi) is 4.25. The fraction of sp³-hybridized carbons (Fsp3) is 0.500. The first-order valence-electron chi connectivity index (χ1n) is 7.58. The standard InChI is InChI=1S/C16H19ClN2O3/c17-13-5-3-11(4-6-13)14(10-1-2-10)18-16(22)19-8-7-12(9-19)15(20)21/h3-6,10,12,14H,1-2,7-9H2,(H,18,22)(H,20,21). The van der Waals surface area contributed by atoms with Gasteiger partial charge < -0.3 is 15.3 Å². The van der Waals surface area contributed by atoms with E-state index in [0.29, 0.717) is 30.5 Å². The molecule has 0 radical (unpaired) electrons. The van der Waals surface area contributed by atoms with Crippen LogP contribution in [0.2, 0.25) is 5.02 Å². The molecule has 2 unspecified atom stereocenters. The number of amides is 2. The van der Waals surface area contributed by atoms with E-state index in [4.69, 9.17) is 16.7 Å². The van der Waals surface area contributed by atoms with Gasteiger partial charge in [0.05, 0.1) is 12.0 Å². The average Bonchev–Trinajstić information content (AvgIpc) is 3.20. The lowest BCUT2D eigenvalue weighted by molar-refractivity contribution is -0.141. The highest BCUT2D eigenvalue weighted by atomic mass is 35.5. The first-order chi connectivity index (χ1) is 10.5. The summed E-state index contributed by atoms with van der Waals surface area (Å²) in [5.41, 5.74) is 1.05. The molecule has 2 atom stereocenters. The smallest absolute Gasteiger partial charge is 0.317 e. The summed E-state index contributed by atoms with van der Waals surface area (Å²) in [6.45, 7) is 0.792. The first-order valence-corrected chi connectivity index (χ1v) is 7.96. The van der Waals surface area contributed by atoms with Crippen LogP contribution in [0.1, 0.15) is 30.9 Å². The Balaban J connectivity index is 1.65. The molecule has 0 spiro atoms. The number of urea groups is 1. The maximum atomic E-state index is 12.4. The zero-order chi connectivity index (χ0) is 15.7. The van der Waals surface area contributed by atoms with E-state index in [1.54, 1.807) is 4.90 Å². The van der Waals surface area contributed by atoms with Crippen LogP contribution in [0, 0.1) is 11.8 Å². The van der Waals surface area contributed by atoms with Crippen LogP contribution in [-0.4, -0.2) is 35.1 Å². The molecular weight excluding hydrogens is 304 g/mol. The van der Waals surface area contributed by atoms with Gasteiger partial charge in [0.25, 0.3) is 0 Å². The number of carboxylic acids is 1. The van der Waals surface area contributed by atoms with E-state index < -0.39 is 11.9 Å². The molecule has 0 bridgehead atoms. The molecule has 1 heterocycles. The Hall–Kier alpha value is -1.75. The molecule has 118 valence electrons. The Bertz CT molecular complexity index is 571. The summed E-state index contributed by atoms with van der Waals surface area (Å²) < 4.78 is 0. The molecular formula is C16H19ClN2O3. The average molecular weight is 323 g/mol. The van der Waals surface area contributed by atoms with Crippen molar-refractivity contribution < 1.29 is 14.7 Å². The Morgan fingerprint density at radius 3 is 2.45 bits per heavy atom. The molecule has 1 aromatic carbocycles. The van der Waals surface area contributed by atoms with E-state index in [-0.39, 0.29) is 12.1 Å². The number of halogens is 1. The van der Waals surface area contributed by atoms with Gasteiger partial charge in [0.2, 0.25) is 0 Å². The van der Waals surface area contributed by atoms with E-state index in [2.05, 4.69) is 5.32 Å². The van der Waals surface area contributed by atoms with Crippen molar-refractivity contribution in [3.8, 4) is 0 Å². The monoisotopic (exact) mass is 322 g/mol. The highest BCUT2D eigenvalue weighted by Gasteiger charge is 2.36. The molecule has 22 heavy (non-hydrogen) atoms. The predicted molar refractivity (Wildman–Crippen MR) is 82.8 cm³/mol. The van der Waals surface area contributed by atoms with Gasteiger partial charge in [0.15, 0.2) is 0 Å². The van der Waals surface area contributed by atoms with Crippen LogP contribution in [0.4, 0.5) is 4.79 Å². The second kappa shape index (κ2) is 6.16. The number of rotatable bonds is 4. The number of nitrogens with one attached hydrogen (secondary N) is 1. The van der Waals surface area contributed by atoms with Gasteiger partial charge in [-0.05, 0) is 42.9 Å². The largest absolute Gasteiger partial charge is 0.481 e. The van der Waals surface area contributed by atoms with Crippen molar-refractivity contribution in [2.45, 2.75) is 25.3 Å². The van der Waals surface area contributed by atoms with Crippen LogP contribution in [0.15, 0.2) is 24.3 Å². The summed E-state index contributed by atoms with van der Waals surface area (Å²) in [6, 6.07) is 7.35. The minimum atomic E-state index is -0.827. The van der Waals surface area contributed by atoms with Crippen molar-refractivity contribution in [3.05, 3.63) is 34.9 Å². The number of hydrogen-bond donors (Lipinski definition) is 2. The summed E-state index contributed by atoms with van der Waals surface area (Å²) in [7, 11) is 0. The van der Waals surface area contributed by atoms with Crippen LogP contribution in [0.5, 0.6) is 0 Å². The summed E-state index contributed by atoms with van der Waals surface area (Å²) in [5.74, 6) is -0.810. The number of carboxylic acid groups (broad SMARTS) is 1. The highest BCUT2D eigenvalue weighted by Crippen LogP contribution is 2.41. The van der Waals surface area contributed by atoms with Gasteiger partial charge in [-0.2, -0.15) is 0 Å². The quantitative estimate of drug-likeness (QED) is 0.895. The zero-order valence-electron chi connectivity index (χ0n) is 12.2. The molecule has 5 nitrogen and oxygen atoms in total. The van der Waals surface area contributed by atoms with Crippen LogP contribution in [-0.2, 0) is 4.79 Å². The normalized spacial score (nSPS) is 22.4. The van der Waals surface area contributed by atoms with Crippen LogP contribution >= 0.6 is 11.6 Å². The lowest BCUT2D eigenvalue weighted by Crippen LogP contribution is -2.41. The third kappa shape index (κ3) is 3.35. The number of hydrogen-bond acceptors (Lipinski definition) is 2. The van der Waals surface area contributed by atoms with Gasteiger partial charge in [0.1, 0.15) is 0 Å². The minimum absolute atomic E-state index is 0.0198. The third-order valence-corrected chi connectivity index (χ3v) is 4.68. The number of carbonyl (C=O) groups excluding carboxylic acids is 1. The van der Waals surface area contributed by atoms with E-state index in [1.165, 1.54) is 0 Å². The second-order valence-electron chi connectivity index (χ2n) is 6.09. The minimum Gasteiger partial charge on any atom is -0.481 e.